The van der Waals surface area contributed by atoms with E-state index >= 15 is 0 Å². The first-order valence-electron chi connectivity index (χ1n) is 5.85. The Hall–Kier alpha value is -2.90. The minimum atomic E-state index is -0.625. The van der Waals surface area contributed by atoms with Gasteiger partial charge in [-0.15, -0.1) is 0 Å². The van der Waals surface area contributed by atoms with Gasteiger partial charge in [0.05, 0.1) is 29.8 Å². The van der Waals surface area contributed by atoms with Crippen molar-refractivity contribution in [2.45, 2.75) is 6.54 Å². The lowest BCUT2D eigenvalue weighted by Gasteiger charge is -2.05. The fraction of sp³-hybridized carbons (Fsp3) is 0.154. The molecule has 0 atom stereocenters. The van der Waals surface area contributed by atoms with Crippen molar-refractivity contribution in [2.75, 3.05) is 12.4 Å². The zero-order valence-corrected chi connectivity index (χ0v) is 11.0. The molecule has 1 aromatic carbocycles. The van der Waals surface area contributed by atoms with Crippen LogP contribution in [0.15, 0.2) is 34.9 Å². The van der Waals surface area contributed by atoms with Crippen molar-refractivity contribution >= 4 is 17.3 Å². The Morgan fingerprint density at radius 3 is 2.90 bits per heavy atom. The molecule has 1 aromatic heterocycles. The standard InChI is InChI=1S/C13H11FN2O5/c1-20-13(17)8-4-10(21-7-8)6-15-12-5-9(16(18)19)2-3-11(12)14/h2-5,7,15H,6H2,1H3. The fourth-order valence-electron chi connectivity index (χ4n) is 1.64. The Morgan fingerprint density at radius 1 is 1.48 bits per heavy atom. The van der Waals surface area contributed by atoms with Gasteiger partial charge in [0.2, 0.25) is 0 Å². The Morgan fingerprint density at radius 2 is 2.24 bits per heavy atom. The maximum atomic E-state index is 13.5. The van der Waals surface area contributed by atoms with Gasteiger partial charge in [-0.1, -0.05) is 0 Å². The second kappa shape index (κ2) is 6.04. The van der Waals surface area contributed by atoms with Crippen molar-refractivity contribution in [1.82, 2.24) is 0 Å². The van der Waals surface area contributed by atoms with E-state index in [1.54, 1.807) is 0 Å². The molecule has 2 rings (SSSR count). The number of carbonyl (C=O) groups is 1. The van der Waals surface area contributed by atoms with Crippen molar-refractivity contribution in [3.8, 4) is 0 Å². The van der Waals surface area contributed by atoms with Crippen LogP contribution in [0, 0.1) is 15.9 Å². The molecular formula is C13H11FN2O5. The Bertz CT molecular complexity index is 683. The first kappa shape index (κ1) is 14.5. The van der Waals surface area contributed by atoms with E-state index in [-0.39, 0.29) is 23.5 Å². The molecule has 110 valence electrons. The van der Waals surface area contributed by atoms with Crippen LogP contribution in [0.3, 0.4) is 0 Å². The smallest absolute Gasteiger partial charge is 0.341 e. The van der Waals surface area contributed by atoms with Gasteiger partial charge in [0.25, 0.3) is 5.69 Å². The highest BCUT2D eigenvalue weighted by Crippen LogP contribution is 2.22. The molecule has 1 heterocycles. The van der Waals surface area contributed by atoms with Gasteiger partial charge in [-0.05, 0) is 12.1 Å². The van der Waals surface area contributed by atoms with Gasteiger partial charge in [0.1, 0.15) is 17.8 Å². The zero-order chi connectivity index (χ0) is 15.4. The van der Waals surface area contributed by atoms with Gasteiger partial charge in [-0.25, -0.2) is 9.18 Å². The molecule has 21 heavy (non-hydrogen) atoms. The molecular weight excluding hydrogens is 283 g/mol. The number of methoxy groups -OCH3 is 1. The fourth-order valence-corrected chi connectivity index (χ4v) is 1.64. The molecule has 0 radical (unpaired) electrons. The lowest BCUT2D eigenvalue weighted by Crippen LogP contribution is -2.02. The molecule has 1 N–H and O–H groups in total. The summed E-state index contributed by atoms with van der Waals surface area (Å²) >= 11 is 0. The van der Waals surface area contributed by atoms with Crippen LogP contribution >= 0.6 is 0 Å². The number of nitro benzene ring substituents is 1. The Balaban J connectivity index is 2.09. The molecule has 0 amide bonds. The number of hydrogen-bond donors (Lipinski definition) is 1. The molecule has 0 aliphatic rings. The van der Waals surface area contributed by atoms with Crippen molar-refractivity contribution in [1.29, 1.82) is 0 Å². The highest BCUT2D eigenvalue weighted by Gasteiger charge is 2.13. The van der Waals surface area contributed by atoms with E-state index in [0.717, 1.165) is 18.2 Å². The third kappa shape index (κ3) is 3.35. The SMILES string of the molecule is COC(=O)c1coc(CNc2cc([N+](=O)[O-])ccc2F)c1. The first-order valence-corrected chi connectivity index (χ1v) is 5.85. The van der Waals surface area contributed by atoms with Crippen molar-refractivity contribution in [3.05, 3.63) is 57.8 Å². The molecule has 0 fully saturated rings. The third-order valence-electron chi connectivity index (χ3n) is 2.69. The van der Waals surface area contributed by atoms with Crippen molar-refractivity contribution in [3.63, 3.8) is 0 Å². The number of nitrogens with zero attached hydrogens (tertiary/aromatic N) is 1. The summed E-state index contributed by atoms with van der Waals surface area (Å²) in [7, 11) is 1.24. The highest BCUT2D eigenvalue weighted by atomic mass is 19.1. The van der Waals surface area contributed by atoms with Gasteiger partial charge in [0.15, 0.2) is 0 Å². The molecule has 0 saturated carbocycles. The number of non-ortho nitro benzene ring substituents is 1. The van der Waals surface area contributed by atoms with E-state index in [0.29, 0.717) is 5.76 Å². The predicted molar refractivity (Wildman–Crippen MR) is 70.4 cm³/mol. The number of anilines is 1. The number of benzene rings is 1. The number of ether oxygens (including phenoxy) is 1. The second-order valence-electron chi connectivity index (χ2n) is 4.07. The van der Waals surface area contributed by atoms with E-state index in [1.165, 1.54) is 19.4 Å². The van der Waals surface area contributed by atoms with Crippen LogP contribution < -0.4 is 5.32 Å². The molecule has 0 unspecified atom stereocenters. The van der Waals surface area contributed by atoms with Gasteiger partial charge in [-0.3, -0.25) is 10.1 Å². The number of nitrogens with one attached hydrogen (secondary N) is 1. The summed E-state index contributed by atoms with van der Waals surface area (Å²) in [5, 5.41) is 13.3. The summed E-state index contributed by atoms with van der Waals surface area (Å²) in [6.07, 6.45) is 1.21. The molecule has 0 aliphatic carbocycles. The average molecular weight is 294 g/mol. The number of esters is 1. The summed E-state index contributed by atoms with van der Waals surface area (Å²) in [6.45, 7) is 0.0646. The maximum Gasteiger partial charge on any atom is 0.341 e. The first-order chi connectivity index (χ1) is 10.0. The predicted octanol–water partition coefficient (Wildman–Crippen LogP) is 2.73. The van der Waals surface area contributed by atoms with Gasteiger partial charge < -0.3 is 14.5 Å². The molecule has 2 aromatic rings. The number of nitro groups is 1. The topological polar surface area (TPSA) is 94.6 Å². The quantitative estimate of drug-likeness (QED) is 0.517. The summed E-state index contributed by atoms with van der Waals surface area (Å²) < 4.78 is 23.2. The normalized spacial score (nSPS) is 10.2. The van der Waals surface area contributed by atoms with Crippen LogP contribution in [0.2, 0.25) is 0 Å². The molecule has 0 spiro atoms. The van der Waals surface area contributed by atoms with Crippen LogP contribution in [-0.2, 0) is 11.3 Å². The van der Waals surface area contributed by atoms with Gasteiger partial charge in [0, 0.05) is 12.1 Å². The van der Waals surface area contributed by atoms with E-state index < -0.39 is 16.7 Å². The lowest BCUT2D eigenvalue weighted by atomic mass is 10.2. The zero-order valence-electron chi connectivity index (χ0n) is 11.0. The minimum absolute atomic E-state index is 0.0276. The van der Waals surface area contributed by atoms with Crippen molar-refractivity contribution < 1.29 is 23.3 Å². The van der Waals surface area contributed by atoms with E-state index in [9.17, 15) is 19.3 Å². The summed E-state index contributed by atoms with van der Waals surface area (Å²) in [4.78, 5) is 21.3. The maximum absolute atomic E-state index is 13.5. The average Bonchev–Trinajstić information content (AvgIpc) is 2.94. The lowest BCUT2D eigenvalue weighted by molar-refractivity contribution is -0.384. The molecule has 0 aliphatic heterocycles. The van der Waals surface area contributed by atoms with Crippen LogP contribution in [0.25, 0.3) is 0 Å². The Kier molecular flexibility index (Phi) is 4.17. The number of carbonyl (C=O) groups excluding carboxylic acids is 1. The molecule has 0 bridgehead atoms. The number of hydrogen-bond acceptors (Lipinski definition) is 6. The third-order valence-corrected chi connectivity index (χ3v) is 2.69. The van der Waals surface area contributed by atoms with E-state index in [2.05, 4.69) is 10.1 Å². The number of halogens is 1. The van der Waals surface area contributed by atoms with Crippen molar-refractivity contribution in [2.24, 2.45) is 0 Å². The van der Waals surface area contributed by atoms with Crippen LogP contribution in [0.4, 0.5) is 15.8 Å². The monoisotopic (exact) mass is 294 g/mol. The summed E-state index contributed by atoms with van der Waals surface area (Å²) in [5.41, 5.74) is -0.0253. The van der Waals surface area contributed by atoms with Gasteiger partial charge >= 0.3 is 5.97 Å². The molecule has 0 saturated heterocycles. The Labute approximate surface area is 118 Å². The summed E-state index contributed by atoms with van der Waals surface area (Å²) in [5.74, 6) is -0.812. The summed E-state index contributed by atoms with van der Waals surface area (Å²) in [6, 6.07) is 4.60. The number of furan rings is 1. The molecule has 8 heteroatoms. The van der Waals surface area contributed by atoms with E-state index in [1.807, 2.05) is 0 Å². The van der Waals surface area contributed by atoms with Gasteiger partial charge in [-0.2, -0.15) is 0 Å². The minimum Gasteiger partial charge on any atom is -0.467 e. The van der Waals surface area contributed by atoms with Crippen LogP contribution in [0.5, 0.6) is 0 Å². The highest BCUT2D eigenvalue weighted by molar-refractivity contribution is 5.89. The second-order valence-corrected chi connectivity index (χ2v) is 4.07. The van der Waals surface area contributed by atoms with E-state index in [4.69, 9.17) is 4.42 Å². The number of rotatable bonds is 5. The van der Waals surface area contributed by atoms with Crippen LogP contribution in [-0.4, -0.2) is 18.0 Å². The molecule has 7 nitrogen and oxygen atoms in total. The largest absolute Gasteiger partial charge is 0.467 e. The van der Waals surface area contributed by atoms with Crippen LogP contribution in [0.1, 0.15) is 16.1 Å².